The molecule has 0 saturated carbocycles. The van der Waals surface area contributed by atoms with Crippen molar-refractivity contribution in [1.82, 2.24) is 5.43 Å². The van der Waals surface area contributed by atoms with Crippen molar-refractivity contribution in [2.24, 2.45) is 10.8 Å². The summed E-state index contributed by atoms with van der Waals surface area (Å²) in [4.78, 5) is 6.59. The lowest BCUT2D eigenvalue weighted by Gasteiger charge is -2.17. The zero-order chi connectivity index (χ0) is 13.1. The molecule has 0 bridgehead atoms. The largest absolute Gasteiger partial charge is 0.378 e. The molecular weight excluding hydrogens is 212 g/mol. The molecule has 4 heteroatoms. The van der Waals surface area contributed by atoms with Crippen molar-refractivity contribution < 1.29 is 0 Å². The van der Waals surface area contributed by atoms with Crippen LogP contribution in [-0.4, -0.2) is 25.5 Å². The summed E-state index contributed by atoms with van der Waals surface area (Å²) >= 11 is 0. The van der Waals surface area contributed by atoms with Gasteiger partial charge in [0.05, 0.1) is 5.54 Å². The number of nitrogens with zero attached hydrogens (tertiary/aromatic N) is 2. The first-order valence-corrected chi connectivity index (χ1v) is 5.68. The Labute approximate surface area is 104 Å². The molecular formula is C13H22N4. The molecule has 1 rings (SSSR count). The molecule has 0 saturated heterocycles. The van der Waals surface area contributed by atoms with Gasteiger partial charge in [0.2, 0.25) is 0 Å². The van der Waals surface area contributed by atoms with E-state index in [4.69, 9.17) is 5.84 Å². The zero-order valence-corrected chi connectivity index (χ0v) is 11.3. The van der Waals surface area contributed by atoms with Crippen molar-refractivity contribution in [2.75, 3.05) is 19.0 Å². The van der Waals surface area contributed by atoms with Crippen LogP contribution < -0.4 is 16.2 Å². The van der Waals surface area contributed by atoms with Gasteiger partial charge in [0.1, 0.15) is 5.84 Å². The molecule has 0 heterocycles. The van der Waals surface area contributed by atoms with Gasteiger partial charge in [0, 0.05) is 25.3 Å². The van der Waals surface area contributed by atoms with Gasteiger partial charge in [-0.15, -0.1) is 0 Å². The topological polar surface area (TPSA) is 53.6 Å². The van der Waals surface area contributed by atoms with E-state index in [-0.39, 0.29) is 5.54 Å². The highest BCUT2D eigenvalue weighted by Gasteiger charge is 2.10. The number of benzene rings is 1. The number of anilines is 1. The second-order valence-corrected chi connectivity index (χ2v) is 5.22. The molecule has 0 fully saturated rings. The second-order valence-electron chi connectivity index (χ2n) is 5.22. The molecule has 0 amide bonds. The Balaban J connectivity index is 3.02. The van der Waals surface area contributed by atoms with E-state index in [1.165, 1.54) is 0 Å². The standard InChI is InChI=1S/C13H22N4/c1-13(2,3)15-12(16-14)10-6-8-11(9-7-10)17(4)5/h6-9H,14H2,1-5H3,(H,15,16). The predicted octanol–water partition coefficient (Wildman–Crippen LogP) is 1.76. The normalized spacial score (nSPS) is 12.5. The Morgan fingerprint density at radius 3 is 2.06 bits per heavy atom. The van der Waals surface area contributed by atoms with Crippen LogP contribution >= 0.6 is 0 Å². The Morgan fingerprint density at radius 1 is 1.18 bits per heavy atom. The first kappa shape index (κ1) is 13.5. The van der Waals surface area contributed by atoms with E-state index in [1.54, 1.807) is 0 Å². The number of hydrogen-bond donors (Lipinski definition) is 2. The van der Waals surface area contributed by atoms with Crippen molar-refractivity contribution in [3.05, 3.63) is 29.8 Å². The molecule has 0 aromatic heterocycles. The highest BCUT2D eigenvalue weighted by atomic mass is 15.3. The molecule has 0 radical (unpaired) electrons. The fourth-order valence-electron chi connectivity index (χ4n) is 1.43. The fourth-order valence-corrected chi connectivity index (χ4v) is 1.43. The second kappa shape index (κ2) is 5.19. The van der Waals surface area contributed by atoms with E-state index in [0.717, 1.165) is 11.3 Å². The smallest absolute Gasteiger partial charge is 0.143 e. The molecule has 4 nitrogen and oxygen atoms in total. The van der Waals surface area contributed by atoms with Crippen LogP contribution in [0.15, 0.2) is 29.3 Å². The summed E-state index contributed by atoms with van der Waals surface area (Å²) in [5.74, 6) is 6.23. The van der Waals surface area contributed by atoms with Crippen LogP contribution in [0.25, 0.3) is 0 Å². The summed E-state index contributed by atoms with van der Waals surface area (Å²) in [6.45, 7) is 6.12. The quantitative estimate of drug-likeness (QED) is 0.355. The van der Waals surface area contributed by atoms with Gasteiger partial charge in [-0.1, -0.05) is 0 Å². The Kier molecular flexibility index (Phi) is 4.12. The maximum atomic E-state index is 5.52. The van der Waals surface area contributed by atoms with Gasteiger partial charge in [-0.25, -0.2) is 5.84 Å². The molecule has 1 aromatic rings. The summed E-state index contributed by atoms with van der Waals surface area (Å²) in [7, 11) is 4.03. The third-order valence-electron chi connectivity index (χ3n) is 2.24. The first-order valence-electron chi connectivity index (χ1n) is 5.68. The molecule has 0 aliphatic heterocycles. The lowest BCUT2D eigenvalue weighted by atomic mass is 10.1. The Hall–Kier alpha value is -1.55. The van der Waals surface area contributed by atoms with Gasteiger partial charge in [0.25, 0.3) is 0 Å². The lowest BCUT2D eigenvalue weighted by molar-refractivity contribution is 0.580. The lowest BCUT2D eigenvalue weighted by Crippen LogP contribution is -2.33. The van der Waals surface area contributed by atoms with E-state index in [1.807, 2.05) is 59.1 Å². The molecule has 94 valence electrons. The van der Waals surface area contributed by atoms with Crippen molar-refractivity contribution >= 4 is 11.5 Å². The number of rotatable bonds is 2. The van der Waals surface area contributed by atoms with Crippen LogP contribution in [0.5, 0.6) is 0 Å². The first-order chi connectivity index (χ1) is 7.83. The van der Waals surface area contributed by atoms with E-state index < -0.39 is 0 Å². The summed E-state index contributed by atoms with van der Waals surface area (Å²) in [6.07, 6.45) is 0. The average Bonchev–Trinajstić information content (AvgIpc) is 2.25. The molecule has 0 unspecified atom stereocenters. The van der Waals surface area contributed by atoms with E-state index in [9.17, 15) is 0 Å². The molecule has 0 spiro atoms. The third-order valence-corrected chi connectivity index (χ3v) is 2.24. The van der Waals surface area contributed by atoms with Crippen LogP contribution in [-0.2, 0) is 0 Å². The molecule has 1 aromatic carbocycles. The minimum Gasteiger partial charge on any atom is -0.378 e. The summed E-state index contributed by atoms with van der Waals surface area (Å²) in [6, 6.07) is 8.12. The summed E-state index contributed by atoms with van der Waals surface area (Å²) in [5, 5.41) is 0. The van der Waals surface area contributed by atoms with Crippen molar-refractivity contribution in [1.29, 1.82) is 0 Å². The van der Waals surface area contributed by atoms with Gasteiger partial charge in [0.15, 0.2) is 0 Å². The number of amidine groups is 1. The van der Waals surface area contributed by atoms with Crippen LogP contribution in [0.1, 0.15) is 26.3 Å². The fraction of sp³-hybridized carbons (Fsp3) is 0.462. The average molecular weight is 234 g/mol. The minimum atomic E-state index is -0.151. The number of hydrogen-bond acceptors (Lipinski definition) is 3. The van der Waals surface area contributed by atoms with E-state index >= 15 is 0 Å². The molecule has 0 aliphatic carbocycles. The van der Waals surface area contributed by atoms with Crippen molar-refractivity contribution in [3.8, 4) is 0 Å². The van der Waals surface area contributed by atoms with Crippen LogP contribution in [0.4, 0.5) is 5.69 Å². The van der Waals surface area contributed by atoms with Gasteiger partial charge in [-0.3, -0.25) is 4.99 Å². The van der Waals surface area contributed by atoms with Crippen molar-refractivity contribution in [3.63, 3.8) is 0 Å². The van der Waals surface area contributed by atoms with E-state index in [2.05, 4.69) is 15.3 Å². The van der Waals surface area contributed by atoms with Crippen molar-refractivity contribution in [2.45, 2.75) is 26.3 Å². The number of nitrogens with two attached hydrogens (primary N) is 1. The number of nitrogens with one attached hydrogen (secondary N) is 1. The number of aliphatic imine (C=N–C) groups is 1. The Morgan fingerprint density at radius 2 is 1.71 bits per heavy atom. The highest BCUT2D eigenvalue weighted by molar-refractivity contribution is 5.98. The minimum absolute atomic E-state index is 0.151. The monoisotopic (exact) mass is 234 g/mol. The summed E-state index contributed by atoms with van der Waals surface area (Å²) < 4.78 is 0. The zero-order valence-electron chi connectivity index (χ0n) is 11.3. The maximum absolute atomic E-state index is 5.52. The van der Waals surface area contributed by atoms with Gasteiger partial charge in [-0.05, 0) is 45.0 Å². The maximum Gasteiger partial charge on any atom is 0.143 e. The molecule has 3 N–H and O–H groups in total. The van der Waals surface area contributed by atoms with Crippen LogP contribution in [0, 0.1) is 0 Å². The molecule has 0 aliphatic rings. The van der Waals surface area contributed by atoms with Crippen LogP contribution in [0.3, 0.4) is 0 Å². The van der Waals surface area contributed by atoms with Gasteiger partial charge in [-0.2, -0.15) is 0 Å². The van der Waals surface area contributed by atoms with Gasteiger partial charge >= 0.3 is 0 Å². The van der Waals surface area contributed by atoms with Crippen LogP contribution in [0.2, 0.25) is 0 Å². The van der Waals surface area contributed by atoms with Gasteiger partial charge < -0.3 is 10.3 Å². The highest BCUT2D eigenvalue weighted by Crippen LogP contribution is 2.14. The number of hydrazine groups is 1. The predicted molar refractivity (Wildman–Crippen MR) is 74.4 cm³/mol. The third kappa shape index (κ3) is 4.07. The Bertz CT molecular complexity index is 385. The summed E-state index contributed by atoms with van der Waals surface area (Å²) in [5.41, 5.74) is 4.66. The molecule has 17 heavy (non-hydrogen) atoms. The molecule has 0 atom stereocenters. The van der Waals surface area contributed by atoms with E-state index in [0.29, 0.717) is 5.84 Å². The SMILES string of the molecule is CN(C)c1ccc(C(=NC(C)(C)C)NN)cc1.